The van der Waals surface area contributed by atoms with E-state index in [1.165, 1.54) is 67.6 Å². The van der Waals surface area contributed by atoms with E-state index in [0.29, 0.717) is 21.4 Å². The predicted octanol–water partition coefficient (Wildman–Crippen LogP) is 4.36. The fraction of sp³-hybridized carbons (Fsp3) is 0.231. The summed E-state index contributed by atoms with van der Waals surface area (Å²) in [5.74, 6) is -0.516. The molecule has 3 rings (SSSR count). The molecule has 0 unspecified atom stereocenters. The monoisotopic (exact) mass is 563 g/mol. The van der Waals surface area contributed by atoms with Gasteiger partial charge in [0, 0.05) is 23.6 Å². The normalized spacial score (nSPS) is 11.9. The largest absolute Gasteiger partial charge is 0.497 e. The smallest absolute Gasteiger partial charge is 0.264 e. The van der Waals surface area contributed by atoms with Crippen LogP contribution in [0.5, 0.6) is 5.75 Å². The standard InChI is InChI=1S/C26H27Cl2N3O5S/c1-18(26(33)29-2)30(16-19-6-4-5-7-24(19)28)25(32)17-31(21-10-8-20(27)9-11-21)37(34,35)23-14-12-22(36-3)13-15-23/h4-15,18H,16-17H2,1-3H3,(H,29,33)/t18-/m0/s1. The number of methoxy groups -OCH3 is 1. The summed E-state index contributed by atoms with van der Waals surface area (Å²) in [5.41, 5.74) is 0.850. The number of amides is 2. The van der Waals surface area contributed by atoms with Crippen molar-refractivity contribution in [2.45, 2.75) is 24.4 Å². The number of hydrogen-bond acceptors (Lipinski definition) is 5. The van der Waals surface area contributed by atoms with Crippen LogP contribution in [0.25, 0.3) is 0 Å². The lowest BCUT2D eigenvalue weighted by atomic mass is 10.1. The van der Waals surface area contributed by atoms with Crippen molar-refractivity contribution >= 4 is 50.7 Å². The van der Waals surface area contributed by atoms with Crippen molar-refractivity contribution in [3.63, 3.8) is 0 Å². The summed E-state index contributed by atoms with van der Waals surface area (Å²) in [6.07, 6.45) is 0. The average molecular weight is 564 g/mol. The van der Waals surface area contributed by atoms with Crippen molar-refractivity contribution in [3.05, 3.63) is 88.4 Å². The summed E-state index contributed by atoms with van der Waals surface area (Å²) in [4.78, 5) is 27.5. The molecule has 0 fully saturated rings. The highest BCUT2D eigenvalue weighted by molar-refractivity contribution is 7.92. The second-order valence-electron chi connectivity index (χ2n) is 8.07. The van der Waals surface area contributed by atoms with Crippen molar-refractivity contribution in [1.29, 1.82) is 0 Å². The van der Waals surface area contributed by atoms with E-state index in [0.717, 1.165) is 4.31 Å². The Morgan fingerprint density at radius 3 is 2.16 bits per heavy atom. The Morgan fingerprint density at radius 2 is 1.59 bits per heavy atom. The predicted molar refractivity (Wildman–Crippen MR) is 145 cm³/mol. The number of halogens is 2. The van der Waals surface area contributed by atoms with Crippen molar-refractivity contribution in [2.75, 3.05) is 25.0 Å². The number of nitrogens with one attached hydrogen (secondary N) is 1. The van der Waals surface area contributed by atoms with Crippen molar-refractivity contribution in [3.8, 4) is 5.75 Å². The van der Waals surface area contributed by atoms with Crippen LogP contribution in [0.4, 0.5) is 5.69 Å². The second kappa shape index (κ2) is 12.3. The fourth-order valence-corrected chi connectivity index (χ4v) is 5.35. The molecule has 0 bridgehead atoms. The molecule has 37 heavy (non-hydrogen) atoms. The van der Waals surface area contributed by atoms with Gasteiger partial charge in [-0.3, -0.25) is 13.9 Å². The van der Waals surface area contributed by atoms with E-state index in [2.05, 4.69) is 5.32 Å². The maximum Gasteiger partial charge on any atom is 0.264 e. The number of carbonyl (C=O) groups is 2. The van der Waals surface area contributed by atoms with Crippen molar-refractivity contribution in [1.82, 2.24) is 10.2 Å². The minimum absolute atomic E-state index is 0.00410. The molecule has 1 N–H and O–H groups in total. The maximum atomic E-state index is 13.7. The SMILES string of the molecule is CNC(=O)[C@H](C)N(Cc1ccccc1Cl)C(=O)CN(c1ccc(Cl)cc1)S(=O)(=O)c1ccc(OC)cc1. The Hall–Kier alpha value is -3.27. The van der Waals surface area contributed by atoms with E-state index in [-0.39, 0.29) is 17.1 Å². The molecule has 11 heteroatoms. The molecule has 2 amide bonds. The molecular weight excluding hydrogens is 537 g/mol. The number of nitrogens with zero attached hydrogens (tertiary/aromatic N) is 2. The van der Waals surface area contributed by atoms with Gasteiger partial charge in [-0.05, 0) is 67.1 Å². The third kappa shape index (κ3) is 6.74. The summed E-state index contributed by atoms with van der Waals surface area (Å²) >= 11 is 12.3. The lowest BCUT2D eigenvalue weighted by Gasteiger charge is -2.32. The minimum atomic E-state index is -4.19. The molecule has 0 aromatic heterocycles. The minimum Gasteiger partial charge on any atom is -0.497 e. The molecule has 8 nitrogen and oxygen atoms in total. The highest BCUT2D eigenvalue weighted by Crippen LogP contribution is 2.27. The molecule has 3 aromatic carbocycles. The van der Waals surface area contributed by atoms with Crippen LogP contribution < -0.4 is 14.4 Å². The van der Waals surface area contributed by atoms with Crippen LogP contribution in [0, 0.1) is 0 Å². The lowest BCUT2D eigenvalue weighted by molar-refractivity contribution is -0.139. The summed E-state index contributed by atoms with van der Waals surface area (Å²) in [5, 5.41) is 3.36. The van der Waals surface area contributed by atoms with Gasteiger partial charge in [0.2, 0.25) is 11.8 Å². The zero-order valence-corrected chi connectivity index (χ0v) is 22.8. The van der Waals surface area contributed by atoms with E-state index >= 15 is 0 Å². The van der Waals surface area contributed by atoms with E-state index < -0.39 is 34.4 Å². The first-order chi connectivity index (χ1) is 17.6. The van der Waals surface area contributed by atoms with Crippen LogP contribution >= 0.6 is 23.2 Å². The van der Waals surface area contributed by atoms with E-state index in [1.54, 1.807) is 31.2 Å². The summed E-state index contributed by atoms with van der Waals surface area (Å²) in [6.45, 7) is 1.00. The number of ether oxygens (including phenoxy) is 1. The molecule has 196 valence electrons. The number of benzene rings is 3. The third-order valence-corrected chi connectivity index (χ3v) is 8.16. The summed E-state index contributed by atoms with van der Waals surface area (Å²) in [7, 11) is -1.25. The molecule has 0 heterocycles. The Kier molecular flexibility index (Phi) is 9.42. The Balaban J connectivity index is 2.03. The quantitative estimate of drug-likeness (QED) is 0.395. The Bertz CT molecular complexity index is 1350. The van der Waals surface area contributed by atoms with Crippen molar-refractivity contribution in [2.24, 2.45) is 0 Å². The van der Waals surface area contributed by atoms with Gasteiger partial charge in [0.1, 0.15) is 18.3 Å². The topological polar surface area (TPSA) is 96.0 Å². The van der Waals surface area contributed by atoms with Crippen LogP contribution in [-0.4, -0.2) is 51.9 Å². The van der Waals surface area contributed by atoms with Gasteiger partial charge < -0.3 is 15.0 Å². The van der Waals surface area contributed by atoms with Gasteiger partial charge in [0.05, 0.1) is 17.7 Å². The molecule has 0 aliphatic heterocycles. The maximum absolute atomic E-state index is 13.7. The third-order valence-electron chi connectivity index (χ3n) is 5.75. The van der Waals surface area contributed by atoms with Gasteiger partial charge in [-0.15, -0.1) is 0 Å². The molecule has 0 radical (unpaired) electrons. The Labute approximate surface area is 226 Å². The number of carbonyl (C=O) groups excluding carboxylic acids is 2. The number of rotatable bonds is 10. The average Bonchev–Trinajstić information content (AvgIpc) is 2.90. The van der Waals surface area contributed by atoms with Gasteiger partial charge in [-0.25, -0.2) is 8.42 Å². The van der Waals surface area contributed by atoms with E-state index in [9.17, 15) is 18.0 Å². The molecule has 0 saturated carbocycles. The van der Waals surface area contributed by atoms with E-state index in [1.807, 2.05) is 0 Å². The fourth-order valence-electron chi connectivity index (χ4n) is 3.61. The molecular formula is C26H27Cl2N3O5S. The van der Waals surface area contributed by atoms with Gasteiger partial charge >= 0.3 is 0 Å². The first-order valence-electron chi connectivity index (χ1n) is 11.2. The van der Waals surface area contributed by atoms with Gasteiger partial charge in [-0.2, -0.15) is 0 Å². The molecule has 1 atom stereocenters. The lowest BCUT2D eigenvalue weighted by Crippen LogP contribution is -2.50. The van der Waals surface area contributed by atoms with Gasteiger partial charge in [0.15, 0.2) is 0 Å². The van der Waals surface area contributed by atoms with Crippen molar-refractivity contribution < 1.29 is 22.7 Å². The van der Waals surface area contributed by atoms with E-state index in [4.69, 9.17) is 27.9 Å². The summed E-state index contributed by atoms with van der Waals surface area (Å²) in [6, 6.07) is 18.0. The first-order valence-corrected chi connectivity index (χ1v) is 13.4. The van der Waals surface area contributed by atoms with Crippen LogP contribution in [0.3, 0.4) is 0 Å². The van der Waals surface area contributed by atoms with Crippen LogP contribution in [0.2, 0.25) is 10.0 Å². The zero-order valence-electron chi connectivity index (χ0n) is 20.5. The number of sulfonamides is 1. The molecule has 0 saturated heterocycles. The highest BCUT2D eigenvalue weighted by atomic mass is 35.5. The number of anilines is 1. The second-order valence-corrected chi connectivity index (χ2v) is 10.8. The number of likely N-dealkylation sites (N-methyl/N-ethyl adjacent to an activating group) is 1. The highest BCUT2D eigenvalue weighted by Gasteiger charge is 2.32. The number of hydrogen-bond donors (Lipinski definition) is 1. The van der Waals surface area contributed by atoms with Crippen LogP contribution in [0.15, 0.2) is 77.7 Å². The Morgan fingerprint density at radius 1 is 0.973 bits per heavy atom. The summed E-state index contributed by atoms with van der Waals surface area (Å²) < 4.78 is 33.6. The zero-order chi connectivity index (χ0) is 27.2. The van der Waals surface area contributed by atoms with Gasteiger partial charge in [-0.1, -0.05) is 41.4 Å². The molecule has 0 spiro atoms. The molecule has 0 aliphatic rings. The first kappa shape index (κ1) is 28.3. The van der Waals surface area contributed by atoms with Crippen LogP contribution in [-0.2, 0) is 26.2 Å². The molecule has 3 aromatic rings. The molecule has 0 aliphatic carbocycles. The van der Waals surface area contributed by atoms with Gasteiger partial charge in [0.25, 0.3) is 10.0 Å². The van der Waals surface area contributed by atoms with Crippen LogP contribution in [0.1, 0.15) is 12.5 Å².